The van der Waals surface area contributed by atoms with Crippen LogP contribution < -0.4 is 0 Å². The molecule has 1 saturated carbocycles. The van der Waals surface area contributed by atoms with E-state index >= 15 is 0 Å². The quantitative estimate of drug-likeness (QED) is 0.830. The maximum absolute atomic E-state index is 13.1. The summed E-state index contributed by atoms with van der Waals surface area (Å²) in [6.07, 6.45) is -1.000. The summed E-state index contributed by atoms with van der Waals surface area (Å²) in [6.45, 7) is 0. The minimum absolute atomic E-state index is 0.0695. The van der Waals surface area contributed by atoms with Gasteiger partial charge < -0.3 is 4.57 Å². The lowest BCUT2D eigenvalue weighted by Gasteiger charge is -2.13. The van der Waals surface area contributed by atoms with Crippen LogP contribution in [-0.4, -0.2) is 14.8 Å². The van der Waals surface area contributed by atoms with Gasteiger partial charge in [-0.1, -0.05) is 15.9 Å². The van der Waals surface area contributed by atoms with Gasteiger partial charge in [0.15, 0.2) is 5.82 Å². The van der Waals surface area contributed by atoms with Crippen molar-refractivity contribution < 1.29 is 13.2 Å². The predicted molar refractivity (Wildman–Crippen MR) is 66.4 cm³/mol. The smallest absolute Gasteiger partial charge is 0.310 e. The molecule has 1 aromatic heterocycles. The summed E-state index contributed by atoms with van der Waals surface area (Å²) >= 11 is 3.07. The molecule has 1 heterocycles. The maximum atomic E-state index is 13.1. The van der Waals surface area contributed by atoms with Crippen molar-refractivity contribution in [3.63, 3.8) is 0 Å². The van der Waals surface area contributed by atoms with Crippen molar-refractivity contribution in [2.24, 2.45) is 0 Å². The molecular weight excluding hydrogens is 323 g/mol. The van der Waals surface area contributed by atoms with E-state index in [0.29, 0.717) is 4.47 Å². The molecule has 1 fully saturated rings. The molecule has 0 N–H and O–H groups in total. The van der Waals surface area contributed by atoms with Gasteiger partial charge in [0.25, 0.3) is 0 Å². The van der Waals surface area contributed by atoms with E-state index in [4.69, 9.17) is 0 Å². The zero-order valence-corrected chi connectivity index (χ0v) is 11.2. The van der Waals surface area contributed by atoms with Crippen LogP contribution in [0.2, 0.25) is 0 Å². The molecule has 3 nitrogen and oxygen atoms in total. The summed E-state index contributed by atoms with van der Waals surface area (Å²) in [6, 6.07) is 4.31. The Morgan fingerprint density at radius 3 is 2.63 bits per heavy atom. The van der Waals surface area contributed by atoms with Crippen LogP contribution in [0.3, 0.4) is 0 Å². The first-order valence-corrected chi connectivity index (χ1v) is 6.53. The molecule has 19 heavy (non-hydrogen) atoms. The average Bonchev–Trinajstić information content (AvgIpc) is 3.06. The van der Waals surface area contributed by atoms with E-state index in [-0.39, 0.29) is 17.4 Å². The molecule has 1 aliphatic carbocycles. The fraction of sp³-hybridized carbons (Fsp3) is 0.333. The molecule has 0 aliphatic heterocycles. The van der Waals surface area contributed by atoms with Crippen LogP contribution in [0.15, 0.2) is 29.0 Å². The summed E-state index contributed by atoms with van der Waals surface area (Å²) < 4.78 is 41.4. The first-order valence-electron chi connectivity index (χ1n) is 5.73. The number of benzene rings is 1. The highest BCUT2D eigenvalue weighted by Crippen LogP contribution is 2.41. The first kappa shape index (κ1) is 12.7. The summed E-state index contributed by atoms with van der Waals surface area (Å²) in [5.41, 5.74) is -0.628. The molecule has 100 valence electrons. The standard InChI is InChI=1S/C12H9BrF3N3/c13-7-1-4-9(10(5-7)12(14,15)16)11-18-17-6-19(11)8-2-3-8/h1,4-6,8H,2-3H2. The van der Waals surface area contributed by atoms with Crippen molar-refractivity contribution in [3.05, 3.63) is 34.6 Å². The zero-order chi connectivity index (χ0) is 13.6. The Morgan fingerprint density at radius 1 is 1.26 bits per heavy atom. The monoisotopic (exact) mass is 331 g/mol. The lowest BCUT2D eigenvalue weighted by Crippen LogP contribution is -2.09. The molecule has 7 heteroatoms. The molecule has 1 aliphatic rings. The van der Waals surface area contributed by atoms with Gasteiger partial charge in [-0.25, -0.2) is 0 Å². The van der Waals surface area contributed by atoms with Gasteiger partial charge in [0, 0.05) is 16.1 Å². The number of halogens is 4. The number of hydrogen-bond donors (Lipinski definition) is 0. The zero-order valence-electron chi connectivity index (χ0n) is 9.65. The van der Waals surface area contributed by atoms with E-state index in [1.165, 1.54) is 12.4 Å². The Bertz CT molecular complexity index is 617. The molecule has 2 aromatic rings. The Hall–Kier alpha value is -1.37. The molecular formula is C12H9BrF3N3. The van der Waals surface area contributed by atoms with E-state index in [1.807, 2.05) is 0 Å². The van der Waals surface area contributed by atoms with Crippen LogP contribution in [-0.2, 0) is 6.18 Å². The van der Waals surface area contributed by atoms with E-state index in [2.05, 4.69) is 26.1 Å². The summed E-state index contributed by atoms with van der Waals surface area (Å²) in [5.74, 6) is 0.280. The number of alkyl halides is 3. The minimum atomic E-state index is -4.42. The summed E-state index contributed by atoms with van der Waals surface area (Å²) in [4.78, 5) is 0. The van der Waals surface area contributed by atoms with Crippen molar-refractivity contribution in [1.82, 2.24) is 14.8 Å². The second kappa shape index (κ2) is 4.33. The van der Waals surface area contributed by atoms with Crippen LogP contribution in [0, 0.1) is 0 Å². The van der Waals surface area contributed by atoms with Gasteiger partial charge in [-0.15, -0.1) is 10.2 Å². The van der Waals surface area contributed by atoms with Gasteiger partial charge in [-0.05, 0) is 31.0 Å². The van der Waals surface area contributed by atoms with E-state index in [1.54, 1.807) is 10.6 Å². The minimum Gasteiger partial charge on any atom is -0.310 e. The summed E-state index contributed by atoms with van der Waals surface area (Å²) in [5, 5.41) is 7.59. The number of aromatic nitrogens is 3. The van der Waals surface area contributed by atoms with Crippen LogP contribution in [0.1, 0.15) is 24.4 Å². The largest absolute Gasteiger partial charge is 0.417 e. The Morgan fingerprint density at radius 2 is 2.00 bits per heavy atom. The Kier molecular flexibility index (Phi) is 2.88. The first-order chi connectivity index (χ1) is 8.97. The lowest BCUT2D eigenvalue weighted by atomic mass is 10.1. The lowest BCUT2D eigenvalue weighted by molar-refractivity contribution is -0.137. The van der Waals surface area contributed by atoms with Crippen molar-refractivity contribution in [1.29, 1.82) is 0 Å². The van der Waals surface area contributed by atoms with E-state index in [0.717, 1.165) is 18.9 Å². The summed E-state index contributed by atoms with van der Waals surface area (Å²) in [7, 11) is 0. The molecule has 0 saturated heterocycles. The third-order valence-corrected chi connectivity index (χ3v) is 3.53. The molecule has 0 atom stereocenters. The van der Waals surface area contributed by atoms with Crippen LogP contribution in [0.4, 0.5) is 13.2 Å². The highest BCUT2D eigenvalue weighted by atomic mass is 79.9. The van der Waals surface area contributed by atoms with Gasteiger partial charge >= 0.3 is 6.18 Å². The maximum Gasteiger partial charge on any atom is 0.417 e. The second-order valence-corrected chi connectivity index (χ2v) is 5.40. The number of nitrogens with zero attached hydrogens (tertiary/aromatic N) is 3. The normalized spacial score (nSPS) is 15.8. The van der Waals surface area contributed by atoms with Gasteiger partial charge in [0.05, 0.1) is 5.56 Å². The number of rotatable bonds is 2. The van der Waals surface area contributed by atoms with Gasteiger partial charge in [0.2, 0.25) is 0 Å². The second-order valence-electron chi connectivity index (χ2n) is 4.48. The molecule has 0 bridgehead atoms. The van der Waals surface area contributed by atoms with Gasteiger partial charge in [-0.3, -0.25) is 0 Å². The van der Waals surface area contributed by atoms with Crippen molar-refractivity contribution in [2.75, 3.05) is 0 Å². The van der Waals surface area contributed by atoms with Crippen molar-refractivity contribution in [2.45, 2.75) is 25.1 Å². The fourth-order valence-corrected chi connectivity index (χ4v) is 2.36. The predicted octanol–water partition coefficient (Wildman–Crippen LogP) is 4.06. The molecule has 0 radical (unpaired) electrons. The highest BCUT2D eigenvalue weighted by Gasteiger charge is 2.36. The SMILES string of the molecule is FC(F)(F)c1cc(Br)ccc1-c1nncn1C1CC1. The topological polar surface area (TPSA) is 30.7 Å². The van der Waals surface area contributed by atoms with Crippen LogP contribution in [0.5, 0.6) is 0 Å². The molecule has 0 spiro atoms. The van der Waals surface area contributed by atoms with Gasteiger partial charge in [0.1, 0.15) is 6.33 Å². The number of hydrogen-bond acceptors (Lipinski definition) is 2. The van der Waals surface area contributed by atoms with Gasteiger partial charge in [-0.2, -0.15) is 13.2 Å². The molecule has 0 amide bonds. The van der Waals surface area contributed by atoms with E-state index in [9.17, 15) is 13.2 Å². The third-order valence-electron chi connectivity index (χ3n) is 3.04. The van der Waals surface area contributed by atoms with Crippen molar-refractivity contribution in [3.8, 4) is 11.4 Å². The molecule has 0 unspecified atom stereocenters. The molecule has 3 rings (SSSR count). The Balaban J connectivity index is 2.16. The van der Waals surface area contributed by atoms with E-state index < -0.39 is 11.7 Å². The fourth-order valence-electron chi connectivity index (χ4n) is 2.00. The molecule has 1 aromatic carbocycles. The highest BCUT2D eigenvalue weighted by molar-refractivity contribution is 9.10. The van der Waals surface area contributed by atoms with Crippen LogP contribution in [0.25, 0.3) is 11.4 Å². The van der Waals surface area contributed by atoms with Crippen LogP contribution >= 0.6 is 15.9 Å². The van der Waals surface area contributed by atoms with Crippen molar-refractivity contribution >= 4 is 15.9 Å². The Labute approximate surface area is 115 Å². The average molecular weight is 332 g/mol. The third kappa shape index (κ3) is 2.39.